The van der Waals surface area contributed by atoms with Gasteiger partial charge in [0, 0.05) is 38.9 Å². The van der Waals surface area contributed by atoms with Crippen LogP contribution in [0.5, 0.6) is 17.2 Å². The van der Waals surface area contributed by atoms with Crippen molar-refractivity contribution in [3.05, 3.63) is 77.5 Å². The third-order valence-electron chi connectivity index (χ3n) is 6.18. The number of hydrogen-bond donors (Lipinski definition) is 0. The zero-order valence-electron chi connectivity index (χ0n) is 22.0. The van der Waals surface area contributed by atoms with Gasteiger partial charge in [-0.3, -0.25) is 4.90 Å². The zero-order valence-corrected chi connectivity index (χ0v) is 22.0. The molecule has 0 amide bonds. The van der Waals surface area contributed by atoms with E-state index in [1.807, 2.05) is 44.2 Å². The molecule has 37 heavy (non-hydrogen) atoms. The number of piperazine rings is 1. The van der Waals surface area contributed by atoms with Gasteiger partial charge in [0.1, 0.15) is 23.7 Å². The van der Waals surface area contributed by atoms with Gasteiger partial charge in [-0.25, -0.2) is 9.78 Å². The average molecular weight is 506 g/mol. The lowest BCUT2D eigenvalue weighted by atomic mass is 10.1. The van der Waals surface area contributed by atoms with Crippen molar-refractivity contribution in [2.45, 2.75) is 33.1 Å². The number of anilines is 1. The number of methoxy groups -OCH3 is 2. The number of aromatic nitrogens is 1. The molecule has 0 atom stereocenters. The van der Waals surface area contributed by atoms with E-state index in [2.05, 4.69) is 26.9 Å². The van der Waals surface area contributed by atoms with Crippen molar-refractivity contribution in [1.82, 2.24) is 9.88 Å². The van der Waals surface area contributed by atoms with Crippen LogP contribution in [0.1, 0.15) is 35.3 Å². The van der Waals surface area contributed by atoms with Gasteiger partial charge in [0.05, 0.1) is 20.3 Å². The highest BCUT2D eigenvalue weighted by molar-refractivity contribution is 5.94. The number of rotatable bonds is 10. The number of carbonyl (C=O) groups excluding carboxylic acids is 1. The number of pyridine rings is 1. The van der Waals surface area contributed by atoms with Gasteiger partial charge in [-0.2, -0.15) is 0 Å². The first kappa shape index (κ1) is 26.3. The minimum Gasteiger partial charge on any atom is -0.493 e. The first-order chi connectivity index (χ1) is 18.0. The number of esters is 1. The standard InChI is InChI=1S/C29H35N3O5/c1-21(2)37-29(33)25-9-6-12-30-28(25)32-15-13-31(14-16-32)19-22-7-5-8-24(17-22)36-20-23-10-11-26(34-3)27(18-23)35-4/h5-12,17-18,21H,13-16,19-20H2,1-4H3. The lowest BCUT2D eigenvalue weighted by Gasteiger charge is -2.36. The van der Waals surface area contributed by atoms with Gasteiger partial charge < -0.3 is 23.8 Å². The van der Waals surface area contributed by atoms with E-state index in [4.69, 9.17) is 18.9 Å². The molecule has 1 fully saturated rings. The van der Waals surface area contributed by atoms with Gasteiger partial charge in [-0.1, -0.05) is 18.2 Å². The van der Waals surface area contributed by atoms with Crippen LogP contribution >= 0.6 is 0 Å². The molecule has 8 heteroatoms. The van der Waals surface area contributed by atoms with E-state index in [1.54, 1.807) is 32.5 Å². The summed E-state index contributed by atoms with van der Waals surface area (Å²) in [6, 6.07) is 17.5. The molecule has 2 aromatic carbocycles. The smallest absolute Gasteiger partial charge is 0.342 e. The number of carbonyl (C=O) groups is 1. The van der Waals surface area contributed by atoms with E-state index in [0.717, 1.165) is 44.0 Å². The lowest BCUT2D eigenvalue weighted by Crippen LogP contribution is -2.46. The van der Waals surface area contributed by atoms with E-state index in [-0.39, 0.29) is 12.1 Å². The summed E-state index contributed by atoms with van der Waals surface area (Å²) in [6.45, 7) is 8.27. The van der Waals surface area contributed by atoms with Gasteiger partial charge in [-0.05, 0) is 61.4 Å². The Morgan fingerprint density at radius 2 is 1.70 bits per heavy atom. The molecule has 0 bridgehead atoms. The molecule has 0 radical (unpaired) electrons. The van der Waals surface area contributed by atoms with Crippen LogP contribution in [0.4, 0.5) is 5.82 Å². The average Bonchev–Trinajstić information content (AvgIpc) is 2.92. The summed E-state index contributed by atoms with van der Waals surface area (Å²) in [4.78, 5) is 21.6. The fourth-order valence-corrected chi connectivity index (χ4v) is 4.33. The molecular weight excluding hydrogens is 470 g/mol. The van der Waals surface area contributed by atoms with E-state index in [0.29, 0.717) is 29.5 Å². The van der Waals surface area contributed by atoms with Crippen LogP contribution in [0.25, 0.3) is 0 Å². The van der Waals surface area contributed by atoms with Gasteiger partial charge >= 0.3 is 5.97 Å². The summed E-state index contributed by atoms with van der Waals surface area (Å²) in [5.41, 5.74) is 2.71. The second-order valence-corrected chi connectivity index (χ2v) is 9.22. The minimum atomic E-state index is -0.328. The molecule has 0 unspecified atom stereocenters. The van der Waals surface area contributed by atoms with Crippen molar-refractivity contribution in [2.24, 2.45) is 0 Å². The summed E-state index contributed by atoms with van der Waals surface area (Å²) in [5.74, 6) is 2.57. The first-order valence-electron chi connectivity index (χ1n) is 12.5. The molecule has 0 aliphatic carbocycles. The summed E-state index contributed by atoms with van der Waals surface area (Å²) >= 11 is 0. The van der Waals surface area contributed by atoms with E-state index >= 15 is 0 Å². The topological polar surface area (TPSA) is 73.4 Å². The summed E-state index contributed by atoms with van der Waals surface area (Å²) < 4.78 is 22.2. The maximum absolute atomic E-state index is 12.5. The monoisotopic (exact) mass is 505 g/mol. The van der Waals surface area contributed by atoms with Crippen molar-refractivity contribution < 1.29 is 23.7 Å². The van der Waals surface area contributed by atoms with Crippen LogP contribution in [0.3, 0.4) is 0 Å². The SMILES string of the molecule is COc1ccc(COc2cccc(CN3CCN(c4ncccc4C(=O)OC(C)C)CC3)c2)cc1OC. The van der Waals surface area contributed by atoms with Gasteiger partial charge in [0.25, 0.3) is 0 Å². The van der Waals surface area contributed by atoms with E-state index in [9.17, 15) is 4.79 Å². The highest BCUT2D eigenvalue weighted by Crippen LogP contribution is 2.28. The number of nitrogens with zero attached hydrogens (tertiary/aromatic N) is 3. The van der Waals surface area contributed by atoms with Crippen LogP contribution in [-0.4, -0.2) is 62.4 Å². The molecule has 0 spiro atoms. The van der Waals surface area contributed by atoms with Crippen molar-refractivity contribution in [2.75, 3.05) is 45.3 Å². The second kappa shape index (κ2) is 12.5. The maximum atomic E-state index is 12.5. The predicted molar refractivity (Wildman–Crippen MR) is 143 cm³/mol. The molecule has 1 aromatic heterocycles. The molecule has 3 aromatic rings. The Morgan fingerprint density at radius 3 is 2.43 bits per heavy atom. The predicted octanol–water partition coefficient (Wildman–Crippen LogP) is 4.57. The van der Waals surface area contributed by atoms with Crippen molar-refractivity contribution in [3.8, 4) is 17.2 Å². The lowest BCUT2D eigenvalue weighted by molar-refractivity contribution is 0.0378. The van der Waals surface area contributed by atoms with Crippen LogP contribution < -0.4 is 19.1 Å². The van der Waals surface area contributed by atoms with Crippen molar-refractivity contribution in [1.29, 1.82) is 0 Å². The minimum absolute atomic E-state index is 0.170. The Hall–Kier alpha value is -3.78. The first-order valence-corrected chi connectivity index (χ1v) is 12.5. The van der Waals surface area contributed by atoms with Gasteiger partial charge in [0.2, 0.25) is 0 Å². The van der Waals surface area contributed by atoms with Crippen LogP contribution in [-0.2, 0) is 17.9 Å². The van der Waals surface area contributed by atoms with Crippen molar-refractivity contribution in [3.63, 3.8) is 0 Å². The summed E-state index contributed by atoms with van der Waals surface area (Å²) in [6.07, 6.45) is 1.55. The van der Waals surface area contributed by atoms with Gasteiger partial charge in [-0.15, -0.1) is 0 Å². The highest BCUT2D eigenvalue weighted by atomic mass is 16.5. The fourth-order valence-electron chi connectivity index (χ4n) is 4.33. The normalized spacial score (nSPS) is 13.9. The molecule has 0 N–H and O–H groups in total. The molecule has 8 nitrogen and oxygen atoms in total. The van der Waals surface area contributed by atoms with Crippen LogP contribution in [0, 0.1) is 0 Å². The third kappa shape index (κ3) is 6.92. The van der Waals surface area contributed by atoms with Crippen LogP contribution in [0.2, 0.25) is 0 Å². The summed E-state index contributed by atoms with van der Waals surface area (Å²) in [5, 5.41) is 0. The maximum Gasteiger partial charge on any atom is 0.342 e. The third-order valence-corrected chi connectivity index (χ3v) is 6.18. The molecule has 1 saturated heterocycles. The number of benzene rings is 2. The largest absolute Gasteiger partial charge is 0.493 e. The Morgan fingerprint density at radius 1 is 0.919 bits per heavy atom. The number of hydrogen-bond acceptors (Lipinski definition) is 8. The molecule has 1 aliphatic rings. The Kier molecular flexibility index (Phi) is 8.85. The molecule has 196 valence electrons. The quantitative estimate of drug-likeness (QED) is 0.371. The van der Waals surface area contributed by atoms with Crippen molar-refractivity contribution >= 4 is 11.8 Å². The zero-order chi connectivity index (χ0) is 26.2. The highest BCUT2D eigenvalue weighted by Gasteiger charge is 2.23. The molecular formula is C29H35N3O5. The molecule has 0 saturated carbocycles. The fraction of sp³-hybridized carbons (Fsp3) is 0.379. The van der Waals surface area contributed by atoms with E-state index in [1.165, 1.54) is 5.56 Å². The van der Waals surface area contributed by atoms with E-state index < -0.39 is 0 Å². The molecule has 4 rings (SSSR count). The molecule has 1 aliphatic heterocycles. The molecule has 2 heterocycles. The number of ether oxygens (including phenoxy) is 4. The Bertz CT molecular complexity index is 1190. The second-order valence-electron chi connectivity index (χ2n) is 9.22. The summed E-state index contributed by atoms with van der Waals surface area (Å²) in [7, 11) is 3.25. The Balaban J connectivity index is 1.32. The Labute approximate surface area is 218 Å². The van der Waals surface area contributed by atoms with Crippen LogP contribution in [0.15, 0.2) is 60.8 Å². The van der Waals surface area contributed by atoms with Gasteiger partial charge in [0.15, 0.2) is 11.5 Å².